The Bertz CT molecular complexity index is 1320. The van der Waals surface area contributed by atoms with E-state index in [0.717, 1.165) is 30.6 Å². The van der Waals surface area contributed by atoms with Gasteiger partial charge in [-0.25, -0.2) is 8.42 Å². The van der Waals surface area contributed by atoms with E-state index in [1.807, 2.05) is 18.2 Å². The minimum absolute atomic E-state index is 0.0500. The summed E-state index contributed by atoms with van der Waals surface area (Å²) in [5.74, 6) is 0.878. The lowest BCUT2D eigenvalue weighted by Gasteiger charge is -2.25. The molecule has 5 rings (SSSR count). The number of anilines is 1. The molecule has 1 aromatic heterocycles. The van der Waals surface area contributed by atoms with Crippen LogP contribution in [0.5, 0.6) is 0 Å². The largest absolute Gasteiger partial charge is 0.467 e. The Morgan fingerprint density at radius 3 is 2.39 bits per heavy atom. The molecule has 0 bridgehead atoms. The number of benzene rings is 2. The molecule has 0 aliphatic carbocycles. The van der Waals surface area contributed by atoms with Crippen LogP contribution in [-0.4, -0.2) is 48.3 Å². The molecule has 2 amide bonds. The lowest BCUT2D eigenvalue weighted by Crippen LogP contribution is -2.35. The molecule has 188 valence electrons. The van der Waals surface area contributed by atoms with Gasteiger partial charge in [0.1, 0.15) is 11.1 Å². The number of rotatable bonds is 7. The third kappa shape index (κ3) is 5.21. The number of hydrogen-bond donors (Lipinski definition) is 1. The highest BCUT2D eigenvalue weighted by molar-refractivity contribution is 8.00. The molecule has 2 aliphatic rings. The quantitative estimate of drug-likeness (QED) is 0.488. The first-order valence-corrected chi connectivity index (χ1v) is 14.4. The zero-order valence-corrected chi connectivity index (χ0v) is 21.3. The summed E-state index contributed by atoms with van der Waals surface area (Å²) in [4.78, 5) is 27.2. The molecule has 3 heterocycles. The molecule has 0 saturated carbocycles. The number of thioether (sulfide) groups is 1. The van der Waals surface area contributed by atoms with Crippen LogP contribution in [0.2, 0.25) is 0 Å². The first-order valence-electron chi connectivity index (χ1n) is 11.9. The van der Waals surface area contributed by atoms with Gasteiger partial charge in [-0.05, 0) is 66.9 Å². The van der Waals surface area contributed by atoms with Crippen LogP contribution in [0.3, 0.4) is 0 Å². The van der Waals surface area contributed by atoms with Crippen molar-refractivity contribution in [2.24, 2.45) is 0 Å². The molecule has 1 N–H and O–H groups in total. The average Bonchev–Trinajstić information content (AvgIpc) is 3.55. The van der Waals surface area contributed by atoms with Gasteiger partial charge in [-0.1, -0.05) is 18.6 Å². The smallest absolute Gasteiger partial charge is 0.255 e. The molecule has 0 unspecified atom stereocenters. The highest BCUT2D eigenvalue weighted by atomic mass is 32.2. The number of carbonyl (C=O) groups is 2. The molecule has 0 radical (unpaired) electrons. The third-order valence-electron chi connectivity index (χ3n) is 6.40. The predicted molar refractivity (Wildman–Crippen MR) is 138 cm³/mol. The van der Waals surface area contributed by atoms with Gasteiger partial charge >= 0.3 is 0 Å². The molecule has 10 heteroatoms. The Morgan fingerprint density at radius 1 is 1.00 bits per heavy atom. The van der Waals surface area contributed by atoms with Gasteiger partial charge in [0.15, 0.2) is 0 Å². The van der Waals surface area contributed by atoms with Crippen LogP contribution in [0.1, 0.15) is 46.3 Å². The molecule has 2 aromatic carbocycles. The van der Waals surface area contributed by atoms with Crippen molar-refractivity contribution in [2.45, 2.75) is 36.1 Å². The predicted octanol–water partition coefficient (Wildman–Crippen LogP) is 4.48. The summed E-state index contributed by atoms with van der Waals surface area (Å²) < 4.78 is 32.6. The van der Waals surface area contributed by atoms with Gasteiger partial charge in [0, 0.05) is 24.3 Å². The number of sulfonamides is 1. The third-order valence-corrected chi connectivity index (χ3v) is 9.57. The van der Waals surface area contributed by atoms with Gasteiger partial charge in [-0.15, -0.1) is 11.8 Å². The van der Waals surface area contributed by atoms with Crippen molar-refractivity contribution in [3.63, 3.8) is 0 Å². The summed E-state index contributed by atoms with van der Waals surface area (Å²) >= 11 is 1.55. The zero-order chi connectivity index (χ0) is 25.1. The number of piperidine rings is 1. The first-order chi connectivity index (χ1) is 17.4. The molecule has 2 saturated heterocycles. The molecule has 36 heavy (non-hydrogen) atoms. The second-order valence-electron chi connectivity index (χ2n) is 8.83. The number of hydrogen-bond acceptors (Lipinski definition) is 6. The topological polar surface area (TPSA) is 99.9 Å². The lowest BCUT2D eigenvalue weighted by molar-refractivity contribution is -0.128. The van der Waals surface area contributed by atoms with E-state index >= 15 is 0 Å². The number of nitrogens with one attached hydrogen (secondary N) is 1. The fourth-order valence-electron chi connectivity index (χ4n) is 4.44. The molecule has 8 nitrogen and oxygen atoms in total. The van der Waals surface area contributed by atoms with E-state index in [0.29, 0.717) is 36.6 Å². The van der Waals surface area contributed by atoms with E-state index in [2.05, 4.69) is 5.32 Å². The second kappa shape index (κ2) is 10.5. The Hall–Kier alpha value is -3.08. The molecule has 1 atom stereocenters. The van der Waals surface area contributed by atoms with Crippen LogP contribution in [0.25, 0.3) is 0 Å². The summed E-state index contributed by atoms with van der Waals surface area (Å²) in [6.45, 7) is 1.49. The van der Waals surface area contributed by atoms with Crippen LogP contribution < -0.4 is 5.32 Å². The van der Waals surface area contributed by atoms with E-state index in [1.54, 1.807) is 53.3 Å². The van der Waals surface area contributed by atoms with E-state index < -0.39 is 10.0 Å². The van der Waals surface area contributed by atoms with Gasteiger partial charge in [-0.3, -0.25) is 9.59 Å². The summed E-state index contributed by atoms with van der Waals surface area (Å²) in [7, 11) is -3.51. The van der Waals surface area contributed by atoms with Gasteiger partial charge in [-0.2, -0.15) is 4.31 Å². The molecule has 0 spiro atoms. The first kappa shape index (κ1) is 24.6. The maximum atomic E-state index is 12.8. The Kier molecular flexibility index (Phi) is 7.17. The van der Waals surface area contributed by atoms with E-state index in [1.165, 1.54) is 16.4 Å². The molecule has 2 aliphatic heterocycles. The van der Waals surface area contributed by atoms with Crippen molar-refractivity contribution >= 4 is 39.3 Å². The number of furan rings is 1. The van der Waals surface area contributed by atoms with Crippen molar-refractivity contribution in [3.8, 4) is 0 Å². The summed E-state index contributed by atoms with van der Waals surface area (Å²) in [6.07, 6.45) is 4.40. The van der Waals surface area contributed by atoms with Crippen molar-refractivity contribution in [3.05, 3.63) is 83.8 Å². The molecular formula is C26H27N3O5S2. The molecule has 2 fully saturated rings. The second-order valence-corrected chi connectivity index (χ2v) is 11.8. The Balaban J connectivity index is 1.23. The average molecular weight is 526 g/mol. The van der Waals surface area contributed by atoms with Crippen LogP contribution in [-0.2, 0) is 21.4 Å². The van der Waals surface area contributed by atoms with Crippen molar-refractivity contribution in [1.82, 2.24) is 9.21 Å². The van der Waals surface area contributed by atoms with Gasteiger partial charge in [0.05, 0.1) is 23.5 Å². The van der Waals surface area contributed by atoms with Crippen LogP contribution in [0.15, 0.2) is 76.2 Å². The maximum absolute atomic E-state index is 12.8. The zero-order valence-electron chi connectivity index (χ0n) is 19.6. The van der Waals surface area contributed by atoms with Gasteiger partial charge < -0.3 is 14.6 Å². The van der Waals surface area contributed by atoms with Crippen molar-refractivity contribution in [2.75, 3.05) is 24.2 Å². The van der Waals surface area contributed by atoms with Gasteiger partial charge in [0.25, 0.3) is 5.91 Å². The Labute approximate surface area is 214 Å². The number of amides is 2. The maximum Gasteiger partial charge on any atom is 0.255 e. The standard InChI is InChI=1S/C26H27N3O5S2/c30-24-18-35-26(29(24)17-22-5-4-16-34-22)20-8-6-19(7-9-20)25(31)27-21-10-12-23(13-11-21)36(32,33)28-14-2-1-3-15-28/h4-13,16,26H,1-3,14-15,17-18H2,(H,27,31)/t26-/m1/s1. The fraction of sp³-hybridized carbons (Fsp3) is 0.308. The molecular weight excluding hydrogens is 498 g/mol. The van der Waals surface area contributed by atoms with Crippen molar-refractivity contribution < 1.29 is 22.4 Å². The lowest BCUT2D eigenvalue weighted by atomic mass is 10.1. The normalized spacial score (nSPS) is 18.9. The molecule has 3 aromatic rings. The number of nitrogens with zero attached hydrogens (tertiary/aromatic N) is 2. The monoisotopic (exact) mass is 525 g/mol. The highest BCUT2D eigenvalue weighted by Crippen LogP contribution is 2.39. The van der Waals surface area contributed by atoms with E-state index in [-0.39, 0.29) is 22.1 Å². The minimum atomic E-state index is -3.51. The summed E-state index contributed by atoms with van der Waals surface area (Å²) in [5.41, 5.74) is 1.92. The highest BCUT2D eigenvalue weighted by Gasteiger charge is 2.33. The van der Waals surface area contributed by atoms with Crippen LogP contribution in [0, 0.1) is 0 Å². The Morgan fingerprint density at radius 2 is 1.72 bits per heavy atom. The van der Waals surface area contributed by atoms with E-state index in [9.17, 15) is 18.0 Å². The minimum Gasteiger partial charge on any atom is -0.467 e. The summed E-state index contributed by atoms with van der Waals surface area (Å²) in [6, 6.07) is 17.1. The van der Waals surface area contributed by atoms with Crippen LogP contribution >= 0.6 is 11.8 Å². The van der Waals surface area contributed by atoms with Crippen molar-refractivity contribution in [1.29, 1.82) is 0 Å². The van der Waals surface area contributed by atoms with Crippen LogP contribution in [0.4, 0.5) is 5.69 Å². The SMILES string of the molecule is O=C(Nc1ccc(S(=O)(=O)N2CCCCC2)cc1)c1ccc([C@H]2SCC(=O)N2Cc2ccco2)cc1. The van der Waals surface area contributed by atoms with Gasteiger partial charge in [0.2, 0.25) is 15.9 Å². The fourth-order valence-corrected chi connectivity index (χ4v) is 7.14. The van der Waals surface area contributed by atoms with E-state index in [4.69, 9.17) is 4.42 Å². The number of carbonyl (C=O) groups excluding carboxylic acids is 2. The summed E-state index contributed by atoms with van der Waals surface area (Å²) in [5, 5.41) is 2.68.